The quantitative estimate of drug-likeness (QED) is 0.643. The van der Waals surface area contributed by atoms with E-state index in [-0.39, 0.29) is 23.2 Å². The van der Waals surface area contributed by atoms with Gasteiger partial charge in [-0.05, 0) is 31.4 Å². The van der Waals surface area contributed by atoms with Gasteiger partial charge in [0.15, 0.2) is 5.78 Å². The summed E-state index contributed by atoms with van der Waals surface area (Å²) in [7, 11) is 0. The Morgan fingerprint density at radius 2 is 1.97 bits per heavy atom. The summed E-state index contributed by atoms with van der Waals surface area (Å²) in [4.78, 5) is 46.0. The minimum atomic E-state index is -0.157. The molecule has 3 heterocycles. The van der Waals surface area contributed by atoms with Crippen LogP contribution in [0.1, 0.15) is 42.0 Å². The lowest BCUT2D eigenvalue weighted by Gasteiger charge is -2.31. The van der Waals surface area contributed by atoms with Gasteiger partial charge in [0.2, 0.25) is 5.91 Å². The van der Waals surface area contributed by atoms with Crippen LogP contribution in [0.3, 0.4) is 0 Å². The van der Waals surface area contributed by atoms with E-state index in [0.29, 0.717) is 67.6 Å². The van der Waals surface area contributed by atoms with Gasteiger partial charge >= 0.3 is 0 Å². The van der Waals surface area contributed by atoms with E-state index >= 15 is 0 Å². The average molecular weight is 394 g/mol. The summed E-state index contributed by atoms with van der Waals surface area (Å²) in [5.74, 6) is 0.534. The molecule has 4 rings (SSSR count). The summed E-state index contributed by atoms with van der Waals surface area (Å²) in [5.41, 5.74) is 0.860. The Bertz CT molecular complexity index is 1070. The zero-order chi connectivity index (χ0) is 20.2. The number of aromatic nitrogens is 3. The number of Topliss-reactive ketones (excluding diaryl/α,β-unsaturated/α-hetero) is 1. The maximum Gasteiger partial charge on any atom is 0.258 e. The highest BCUT2D eigenvalue weighted by molar-refractivity contribution is 5.96. The van der Waals surface area contributed by atoms with Crippen LogP contribution in [0.25, 0.3) is 10.9 Å². The number of likely N-dealkylation sites (tertiary alicyclic amines) is 1. The molecule has 0 bridgehead atoms. The van der Waals surface area contributed by atoms with Crippen molar-refractivity contribution >= 4 is 22.6 Å². The molecule has 0 aliphatic carbocycles. The van der Waals surface area contributed by atoms with Gasteiger partial charge < -0.3 is 14.4 Å². The van der Waals surface area contributed by atoms with Crippen LogP contribution in [0.5, 0.6) is 0 Å². The van der Waals surface area contributed by atoms with Crippen LogP contribution in [0.2, 0.25) is 0 Å². The number of hydrogen-bond acceptors (Lipinski definition) is 6. The highest BCUT2D eigenvalue weighted by atomic mass is 16.5. The summed E-state index contributed by atoms with van der Waals surface area (Å²) >= 11 is 0. The lowest BCUT2D eigenvalue weighted by atomic mass is 9.91. The van der Waals surface area contributed by atoms with Crippen molar-refractivity contribution in [1.29, 1.82) is 0 Å². The first-order valence-electron chi connectivity index (χ1n) is 9.82. The van der Waals surface area contributed by atoms with Crippen molar-refractivity contribution in [2.24, 2.45) is 5.92 Å². The number of nitrogens with zero attached hydrogens (tertiary/aromatic N) is 3. The van der Waals surface area contributed by atoms with Gasteiger partial charge in [0.05, 0.1) is 10.9 Å². The Labute approximate surface area is 166 Å². The number of carbonyl (C=O) groups excluding carboxylic acids is 2. The van der Waals surface area contributed by atoms with Gasteiger partial charge in [-0.1, -0.05) is 17.3 Å². The molecule has 0 spiro atoms. The molecule has 1 aromatic carbocycles. The standard InChI is InChI=1S/C21H22N4O4/c26-19(25-11-8-14(9-12-25)20(27)17-10-13-29-24-17)7-3-6-18-22-16-5-2-1-4-15(16)21(28)23-18/h1-2,4-5,10,13-14H,3,6-9,11-12H2,(H,22,23,28). The highest BCUT2D eigenvalue weighted by Crippen LogP contribution is 2.22. The molecule has 3 aromatic rings. The first kappa shape index (κ1) is 19.0. The molecule has 150 valence electrons. The second-order valence-corrected chi connectivity index (χ2v) is 7.29. The summed E-state index contributed by atoms with van der Waals surface area (Å²) in [6.45, 7) is 1.14. The fraction of sp³-hybridized carbons (Fsp3) is 0.381. The molecule has 2 aromatic heterocycles. The maximum absolute atomic E-state index is 12.5. The number of carbonyl (C=O) groups is 2. The number of piperidine rings is 1. The second kappa shape index (κ2) is 8.38. The number of ketones is 1. The third kappa shape index (κ3) is 4.26. The number of rotatable bonds is 6. The minimum absolute atomic E-state index is 0.0165. The normalized spacial score (nSPS) is 15.0. The van der Waals surface area contributed by atoms with Crippen molar-refractivity contribution in [3.05, 3.63) is 58.5 Å². The van der Waals surface area contributed by atoms with E-state index < -0.39 is 0 Å². The summed E-state index contributed by atoms with van der Waals surface area (Å²) in [6.07, 6.45) is 4.20. The lowest BCUT2D eigenvalue weighted by Crippen LogP contribution is -2.40. The van der Waals surface area contributed by atoms with Crippen LogP contribution < -0.4 is 5.56 Å². The van der Waals surface area contributed by atoms with Gasteiger partial charge in [0, 0.05) is 37.9 Å². The predicted molar refractivity (Wildman–Crippen MR) is 105 cm³/mol. The number of aryl methyl sites for hydroxylation is 1. The molecule has 1 saturated heterocycles. The number of H-pyrrole nitrogens is 1. The van der Waals surface area contributed by atoms with Crippen LogP contribution in [-0.2, 0) is 11.2 Å². The highest BCUT2D eigenvalue weighted by Gasteiger charge is 2.28. The van der Waals surface area contributed by atoms with Gasteiger partial charge in [-0.25, -0.2) is 4.98 Å². The molecule has 8 nitrogen and oxygen atoms in total. The molecule has 0 radical (unpaired) electrons. The lowest BCUT2D eigenvalue weighted by molar-refractivity contribution is -0.132. The number of benzene rings is 1. The molecule has 29 heavy (non-hydrogen) atoms. The number of nitrogens with one attached hydrogen (secondary N) is 1. The zero-order valence-electron chi connectivity index (χ0n) is 16.0. The maximum atomic E-state index is 12.5. The molecular weight excluding hydrogens is 372 g/mol. The third-order valence-electron chi connectivity index (χ3n) is 5.37. The van der Waals surface area contributed by atoms with Gasteiger partial charge in [-0.2, -0.15) is 0 Å². The van der Waals surface area contributed by atoms with E-state index in [4.69, 9.17) is 4.52 Å². The van der Waals surface area contributed by atoms with Gasteiger partial charge in [0.1, 0.15) is 17.8 Å². The number of aromatic amines is 1. The van der Waals surface area contributed by atoms with E-state index in [2.05, 4.69) is 15.1 Å². The second-order valence-electron chi connectivity index (χ2n) is 7.29. The fourth-order valence-electron chi connectivity index (χ4n) is 3.76. The molecule has 1 N–H and O–H groups in total. The number of fused-ring (bicyclic) bond motifs is 1. The van der Waals surface area contributed by atoms with Crippen LogP contribution in [0.4, 0.5) is 0 Å². The van der Waals surface area contributed by atoms with Gasteiger partial charge in [-0.15, -0.1) is 0 Å². The number of amides is 1. The number of para-hydroxylation sites is 1. The van der Waals surface area contributed by atoms with Gasteiger partial charge in [-0.3, -0.25) is 14.4 Å². The smallest absolute Gasteiger partial charge is 0.258 e. The molecule has 8 heteroatoms. The third-order valence-corrected chi connectivity index (χ3v) is 5.37. The summed E-state index contributed by atoms with van der Waals surface area (Å²) in [5, 5.41) is 4.27. The molecule has 1 aliphatic heterocycles. The molecule has 0 unspecified atom stereocenters. The Hall–Kier alpha value is -3.29. The van der Waals surface area contributed by atoms with Crippen LogP contribution >= 0.6 is 0 Å². The van der Waals surface area contributed by atoms with Crippen molar-refractivity contribution < 1.29 is 14.1 Å². The fourth-order valence-corrected chi connectivity index (χ4v) is 3.76. The Morgan fingerprint density at radius 3 is 2.72 bits per heavy atom. The molecule has 0 atom stereocenters. The average Bonchev–Trinajstić information content (AvgIpc) is 3.28. The monoisotopic (exact) mass is 394 g/mol. The largest absolute Gasteiger partial charge is 0.364 e. The SMILES string of the molecule is O=C(c1ccon1)C1CCN(C(=O)CCCc2nc3ccccc3c(=O)[nH]2)CC1. The van der Waals surface area contributed by atoms with Crippen molar-refractivity contribution in [1.82, 2.24) is 20.0 Å². The minimum Gasteiger partial charge on any atom is -0.364 e. The van der Waals surface area contributed by atoms with E-state index in [1.54, 1.807) is 18.2 Å². The predicted octanol–water partition coefficient (Wildman–Crippen LogP) is 2.36. The van der Waals surface area contributed by atoms with Crippen molar-refractivity contribution in [3.63, 3.8) is 0 Å². The zero-order valence-corrected chi connectivity index (χ0v) is 16.0. The Kier molecular flexibility index (Phi) is 5.50. The number of hydrogen-bond donors (Lipinski definition) is 1. The van der Waals surface area contributed by atoms with Gasteiger partial charge in [0.25, 0.3) is 5.56 Å². The van der Waals surface area contributed by atoms with E-state index in [0.717, 1.165) is 0 Å². The Balaban J connectivity index is 1.26. The van der Waals surface area contributed by atoms with E-state index in [1.165, 1.54) is 6.26 Å². The van der Waals surface area contributed by atoms with Crippen LogP contribution in [0, 0.1) is 5.92 Å². The van der Waals surface area contributed by atoms with Crippen molar-refractivity contribution in [2.75, 3.05) is 13.1 Å². The Morgan fingerprint density at radius 1 is 1.17 bits per heavy atom. The van der Waals surface area contributed by atoms with Crippen LogP contribution in [-0.4, -0.2) is 44.8 Å². The first-order chi connectivity index (χ1) is 14.1. The molecule has 1 amide bonds. The van der Waals surface area contributed by atoms with Crippen LogP contribution in [0.15, 0.2) is 45.9 Å². The summed E-state index contributed by atoms with van der Waals surface area (Å²) < 4.78 is 4.74. The van der Waals surface area contributed by atoms with Crippen molar-refractivity contribution in [2.45, 2.75) is 32.1 Å². The molecule has 1 fully saturated rings. The van der Waals surface area contributed by atoms with E-state index in [1.807, 2.05) is 17.0 Å². The topological polar surface area (TPSA) is 109 Å². The molecular formula is C21H22N4O4. The molecule has 0 saturated carbocycles. The van der Waals surface area contributed by atoms with E-state index in [9.17, 15) is 14.4 Å². The molecule has 1 aliphatic rings. The van der Waals surface area contributed by atoms with Crippen molar-refractivity contribution in [3.8, 4) is 0 Å². The first-order valence-corrected chi connectivity index (χ1v) is 9.82. The summed E-state index contributed by atoms with van der Waals surface area (Å²) in [6, 6.07) is 8.78.